The van der Waals surface area contributed by atoms with Gasteiger partial charge in [-0.1, -0.05) is 6.07 Å². The van der Waals surface area contributed by atoms with Gasteiger partial charge in [-0.3, -0.25) is 4.79 Å². The van der Waals surface area contributed by atoms with Crippen molar-refractivity contribution in [3.05, 3.63) is 45.6 Å². The first-order valence-corrected chi connectivity index (χ1v) is 6.19. The van der Waals surface area contributed by atoms with Crippen LogP contribution in [0.15, 0.2) is 23.0 Å². The number of nitrogens with one attached hydrogen (secondary N) is 2. The van der Waals surface area contributed by atoms with Gasteiger partial charge in [-0.25, -0.2) is 4.39 Å². The van der Waals surface area contributed by atoms with E-state index in [1.165, 1.54) is 12.1 Å². The van der Waals surface area contributed by atoms with Crippen LogP contribution in [0.5, 0.6) is 0 Å². The number of hydrogen-bond acceptors (Lipinski definition) is 2. The van der Waals surface area contributed by atoms with Gasteiger partial charge < -0.3 is 10.3 Å². The van der Waals surface area contributed by atoms with Crippen LogP contribution in [0, 0.1) is 12.7 Å². The number of rotatable bonds is 1. The Bertz CT molecular complexity index is 657. The molecule has 1 aliphatic rings. The third-order valence-electron chi connectivity index (χ3n) is 3.69. The molecule has 1 atom stereocenters. The number of fused-ring (bicyclic) bond motifs is 1. The van der Waals surface area contributed by atoms with Gasteiger partial charge >= 0.3 is 0 Å². The number of benzene rings is 1. The van der Waals surface area contributed by atoms with Gasteiger partial charge in [0.25, 0.3) is 5.56 Å². The number of aromatic amines is 1. The van der Waals surface area contributed by atoms with E-state index < -0.39 is 0 Å². The Morgan fingerprint density at radius 2 is 2.17 bits per heavy atom. The summed E-state index contributed by atoms with van der Waals surface area (Å²) in [6, 6.07) is 4.47. The van der Waals surface area contributed by atoms with Crippen LogP contribution in [-0.4, -0.2) is 18.1 Å². The SMILES string of the molecule is Cc1[nH]c(=O)c2cc(F)ccc2c1C1CCNC1. The van der Waals surface area contributed by atoms with Crippen molar-refractivity contribution in [1.82, 2.24) is 10.3 Å². The minimum absolute atomic E-state index is 0.211. The molecular weight excluding hydrogens is 231 g/mol. The second-order valence-electron chi connectivity index (χ2n) is 4.87. The molecule has 1 aromatic carbocycles. The maximum Gasteiger partial charge on any atom is 0.256 e. The highest BCUT2D eigenvalue weighted by Gasteiger charge is 2.22. The van der Waals surface area contributed by atoms with Gasteiger partial charge in [-0.05, 0) is 48.9 Å². The van der Waals surface area contributed by atoms with E-state index in [-0.39, 0.29) is 11.4 Å². The molecule has 2 heterocycles. The number of aromatic nitrogens is 1. The predicted octanol–water partition coefficient (Wildman–Crippen LogP) is 2.05. The molecular formula is C14H15FN2O. The number of hydrogen-bond donors (Lipinski definition) is 2. The summed E-state index contributed by atoms with van der Waals surface area (Å²) in [6.45, 7) is 3.82. The zero-order valence-electron chi connectivity index (χ0n) is 10.2. The van der Waals surface area contributed by atoms with Crippen molar-refractivity contribution in [3.8, 4) is 0 Å². The van der Waals surface area contributed by atoms with Crippen molar-refractivity contribution in [1.29, 1.82) is 0 Å². The molecule has 4 heteroatoms. The molecule has 18 heavy (non-hydrogen) atoms. The van der Waals surface area contributed by atoms with Crippen LogP contribution in [-0.2, 0) is 0 Å². The highest BCUT2D eigenvalue weighted by atomic mass is 19.1. The van der Waals surface area contributed by atoms with E-state index in [1.807, 2.05) is 6.92 Å². The summed E-state index contributed by atoms with van der Waals surface area (Å²) in [7, 11) is 0. The second-order valence-corrected chi connectivity index (χ2v) is 4.87. The Balaban J connectivity index is 2.32. The topological polar surface area (TPSA) is 44.9 Å². The molecule has 0 amide bonds. The molecule has 2 N–H and O–H groups in total. The minimum atomic E-state index is -0.368. The van der Waals surface area contributed by atoms with Crippen LogP contribution < -0.4 is 10.9 Å². The largest absolute Gasteiger partial charge is 0.326 e. The molecule has 3 rings (SSSR count). The molecule has 0 spiro atoms. The zero-order valence-corrected chi connectivity index (χ0v) is 10.2. The minimum Gasteiger partial charge on any atom is -0.326 e. The van der Waals surface area contributed by atoms with Gasteiger partial charge in [-0.15, -0.1) is 0 Å². The monoisotopic (exact) mass is 246 g/mol. The average molecular weight is 246 g/mol. The normalized spacial score (nSPS) is 19.6. The Labute approximate surface area is 104 Å². The molecule has 1 unspecified atom stereocenters. The molecule has 0 bridgehead atoms. The summed E-state index contributed by atoms with van der Waals surface area (Å²) in [4.78, 5) is 14.7. The van der Waals surface area contributed by atoms with Crippen LogP contribution in [0.3, 0.4) is 0 Å². The summed E-state index contributed by atoms with van der Waals surface area (Å²) in [5.41, 5.74) is 1.83. The van der Waals surface area contributed by atoms with Gasteiger partial charge in [-0.2, -0.15) is 0 Å². The third kappa shape index (κ3) is 1.73. The Hall–Kier alpha value is -1.68. The van der Waals surface area contributed by atoms with Crippen molar-refractivity contribution < 1.29 is 4.39 Å². The number of H-pyrrole nitrogens is 1. The first-order chi connectivity index (χ1) is 8.66. The maximum absolute atomic E-state index is 13.3. The lowest BCUT2D eigenvalue weighted by molar-refractivity contribution is 0.629. The van der Waals surface area contributed by atoms with E-state index in [1.54, 1.807) is 6.07 Å². The number of aryl methyl sites for hydroxylation is 1. The molecule has 2 aromatic rings. The van der Waals surface area contributed by atoms with Crippen LogP contribution >= 0.6 is 0 Å². The van der Waals surface area contributed by atoms with Gasteiger partial charge in [0, 0.05) is 12.2 Å². The number of halogens is 1. The van der Waals surface area contributed by atoms with Crippen molar-refractivity contribution in [2.45, 2.75) is 19.3 Å². The first kappa shape index (κ1) is 11.4. The van der Waals surface area contributed by atoms with E-state index in [2.05, 4.69) is 10.3 Å². The fourth-order valence-electron chi connectivity index (χ4n) is 2.87. The molecule has 1 fully saturated rings. The van der Waals surface area contributed by atoms with Crippen LogP contribution in [0.4, 0.5) is 4.39 Å². The van der Waals surface area contributed by atoms with E-state index in [0.29, 0.717) is 11.3 Å². The first-order valence-electron chi connectivity index (χ1n) is 6.19. The van der Waals surface area contributed by atoms with Gasteiger partial charge in [0.15, 0.2) is 0 Å². The fourth-order valence-corrected chi connectivity index (χ4v) is 2.87. The fraction of sp³-hybridized carbons (Fsp3) is 0.357. The van der Waals surface area contributed by atoms with E-state index in [4.69, 9.17) is 0 Å². The molecule has 3 nitrogen and oxygen atoms in total. The predicted molar refractivity (Wildman–Crippen MR) is 69.5 cm³/mol. The Morgan fingerprint density at radius 3 is 2.89 bits per heavy atom. The highest BCUT2D eigenvalue weighted by molar-refractivity contribution is 5.86. The summed E-state index contributed by atoms with van der Waals surface area (Å²) >= 11 is 0. The van der Waals surface area contributed by atoms with E-state index in [9.17, 15) is 9.18 Å². The van der Waals surface area contributed by atoms with E-state index in [0.717, 1.165) is 36.2 Å². The summed E-state index contributed by atoms with van der Waals surface area (Å²) in [5, 5.41) is 4.65. The Kier molecular flexibility index (Phi) is 2.67. The van der Waals surface area contributed by atoms with E-state index >= 15 is 0 Å². The second kappa shape index (κ2) is 4.21. The summed E-state index contributed by atoms with van der Waals surface area (Å²) in [6.07, 6.45) is 1.05. The zero-order chi connectivity index (χ0) is 12.7. The van der Waals surface area contributed by atoms with Gasteiger partial charge in [0.2, 0.25) is 0 Å². The highest BCUT2D eigenvalue weighted by Crippen LogP contribution is 2.30. The van der Waals surface area contributed by atoms with Crippen molar-refractivity contribution >= 4 is 10.8 Å². The van der Waals surface area contributed by atoms with Crippen molar-refractivity contribution in [2.75, 3.05) is 13.1 Å². The van der Waals surface area contributed by atoms with Crippen molar-refractivity contribution in [2.24, 2.45) is 0 Å². The maximum atomic E-state index is 13.3. The Morgan fingerprint density at radius 1 is 1.33 bits per heavy atom. The average Bonchev–Trinajstić information content (AvgIpc) is 2.83. The van der Waals surface area contributed by atoms with Gasteiger partial charge in [0.05, 0.1) is 5.39 Å². The molecule has 0 aliphatic carbocycles. The van der Waals surface area contributed by atoms with Crippen LogP contribution in [0.2, 0.25) is 0 Å². The standard InChI is InChI=1S/C14H15FN2O/c1-8-13(9-4-5-16-7-9)11-3-2-10(15)6-12(11)14(18)17-8/h2-3,6,9,16H,4-5,7H2,1H3,(H,17,18). The molecule has 94 valence electrons. The molecule has 0 saturated carbocycles. The summed E-state index contributed by atoms with van der Waals surface area (Å²) in [5.74, 6) is 0.0298. The lowest BCUT2D eigenvalue weighted by atomic mass is 9.92. The third-order valence-corrected chi connectivity index (χ3v) is 3.69. The molecule has 1 aliphatic heterocycles. The quantitative estimate of drug-likeness (QED) is 0.809. The lowest BCUT2D eigenvalue weighted by Crippen LogP contribution is -2.15. The molecule has 0 radical (unpaired) electrons. The lowest BCUT2D eigenvalue weighted by Gasteiger charge is -2.15. The smallest absolute Gasteiger partial charge is 0.256 e. The molecule has 1 saturated heterocycles. The van der Waals surface area contributed by atoms with Crippen LogP contribution in [0.1, 0.15) is 23.6 Å². The summed E-state index contributed by atoms with van der Waals surface area (Å²) < 4.78 is 13.3. The number of pyridine rings is 1. The van der Waals surface area contributed by atoms with Crippen molar-refractivity contribution in [3.63, 3.8) is 0 Å². The van der Waals surface area contributed by atoms with Crippen LogP contribution in [0.25, 0.3) is 10.8 Å². The van der Waals surface area contributed by atoms with Gasteiger partial charge in [0.1, 0.15) is 5.82 Å². The molecule has 1 aromatic heterocycles.